The smallest absolute Gasteiger partial charge is 0.387 e. The number of nitrogens with zero attached hydrogens (tertiary/aromatic N) is 3. The first kappa shape index (κ1) is 19.4. The van der Waals surface area contributed by atoms with Crippen molar-refractivity contribution in [2.75, 3.05) is 0 Å². The monoisotopic (exact) mass is 389 g/mol. The van der Waals surface area contributed by atoms with Gasteiger partial charge < -0.3 is 9.84 Å². The van der Waals surface area contributed by atoms with Crippen molar-refractivity contribution in [2.24, 2.45) is 0 Å². The van der Waals surface area contributed by atoms with Crippen LogP contribution in [0.4, 0.5) is 8.78 Å². The van der Waals surface area contributed by atoms with Crippen molar-refractivity contribution in [3.05, 3.63) is 42.1 Å². The Hall–Kier alpha value is -3.36. The van der Waals surface area contributed by atoms with Crippen LogP contribution in [-0.4, -0.2) is 38.2 Å². The van der Waals surface area contributed by atoms with Gasteiger partial charge in [-0.3, -0.25) is 9.78 Å². The molecule has 9 heteroatoms. The Morgan fingerprint density at radius 3 is 2.57 bits per heavy atom. The van der Waals surface area contributed by atoms with Crippen LogP contribution in [0.15, 0.2) is 36.5 Å². The van der Waals surface area contributed by atoms with E-state index in [1.54, 1.807) is 19.9 Å². The van der Waals surface area contributed by atoms with Gasteiger partial charge in [-0.05, 0) is 39.0 Å². The van der Waals surface area contributed by atoms with Gasteiger partial charge in [0.15, 0.2) is 5.78 Å². The Morgan fingerprint density at radius 2 is 1.96 bits per heavy atom. The minimum atomic E-state index is -2.97. The lowest BCUT2D eigenvalue weighted by Crippen LogP contribution is -2.35. The van der Waals surface area contributed by atoms with Crippen LogP contribution in [0.1, 0.15) is 31.1 Å². The van der Waals surface area contributed by atoms with E-state index >= 15 is 0 Å². The van der Waals surface area contributed by atoms with Gasteiger partial charge in [0, 0.05) is 11.8 Å². The number of hydrogen-bond donors (Lipinski definition) is 1. The third kappa shape index (κ3) is 3.42. The first-order valence-electron chi connectivity index (χ1n) is 8.30. The number of carbonyl (C=O) groups excluding carboxylic acids is 1. The Balaban J connectivity index is 2.27. The van der Waals surface area contributed by atoms with Crippen molar-refractivity contribution < 1.29 is 28.2 Å². The highest BCUT2D eigenvalue weighted by molar-refractivity contribution is 5.97. The highest BCUT2D eigenvalue weighted by atomic mass is 19.3. The molecule has 0 unspecified atom stereocenters. The average molecular weight is 389 g/mol. The molecule has 2 heterocycles. The van der Waals surface area contributed by atoms with Crippen molar-refractivity contribution in [1.82, 2.24) is 14.8 Å². The Labute approximate surface area is 158 Å². The molecule has 0 aliphatic rings. The molecule has 0 aliphatic heterocycles. The molecule has 0 spiro atoms. The number of ketones is 1. The molecule has 0 saturated heterocycles. The van der Waals surface area contributed by atoms with Crippen LogP contribution in [0.3, 0.4) is 0 Å². The topological polar surface area (TPSA) is 94.3 Å². The van der Waals surface area contributed by atoms with Crippen molar-refractivity contribution in [1.29, 1.82) is 0 Å². The van der Waals surface area contributed by atoms with Crippen LogP contribution in [-0.2, 0) is 10.3 Å². The summed E-state index contributed by atoms with van der Waals surface area (Å²) in [5, 5.41) is 13.7. The van der Waals surface area contributed by atoms with Crippen LogP contribution in [0.5, 0.6) is 5.75 Å². The second-order valence-electron chi connectivity index (χ2n) is 6.68. The molecule has 3 rings (SSSR count). The van der Waals surface area contributed by atoms with E-state index in [4.69, 9.17) is 0 Å². The number of aromatic nitrogens is 3. The average Bonchev–Trinajstić information content (AvgIpc) is 3.00. The quantitative estimate of drug-likeness (QED) is 0.690. The van der Waals surface area contributed by atoms with E-state index in [-0.39, 0.29) is 17.1 Å². The third-order valence-corrected chi connectivity index (χ3v) is 4.49. The summed E-state index contributed by atoms with van der Waals surface area (Å²) in [6.07, 6.45) is 1.18. The molecule has 146 valence electrons. The lowest BCUT2D eigenvalue weighted by molar-refractivity contribution is -0.124. The first-order valence-corrected chi connectivity index (χ1v) is 8.30. The maximum Gasteiger partial charge on any atom is 0.387 e. The van der Waals surface area contributed by atoms with Gasteiger partial charge in [0.25, 0.3) is 0 Å². The number of carbonyl (C=O) groups is 2. The van der Waals surface area contributed by atoms with Gasteiger partial charge in [0.05, 0.1) is 11.1 Å². The molecule has 0 fully saturated rings. The van der Waals surface area contributed by atoms with E-state index in [1.807, 2.05) is 0 Å². The van der Waals surface area contributed by atoms with Crippen molar-refractivity contribution in [3.8, 4) is 17.0 Å². The number of aromatic carboxylic acids is 1. The van der Waals surface area contributed by atoms with Crippen LogP contribution in [0.25, 0.3) is 22.3 Å². The predicted octanol–water partition coefficient (Wildman–Crippen LogP) is 3.72. The molecule has 0 saturated carbocycles. The maximum atomic E-state index is 12.5. The number of Topliss-reactive ketones (excluding diaryl/α,β-unsaturated/α-hetero) is 1. The number of pyridine rings is 1. The molecule has 1 N–H and O–H groups in total. The molecule has 0 amide bonds. The SMILES string of the molecule is CC(=O)C(C)(C)n1nc(-c2cccc(OC(F)F)c2)c2ncc(C(=O)O)cc21. The minimum absolute atomic E-state index is 0.0526. The number of hydrogen-bond acceptors (Lipinski definition) is 5. The zero-order valence-electron chi connectivity index (χ0n) is 15.3. The summed E-state index contributed by atoms with van der Waals surface area (Å²) in [4.78, 5) is 27.7. The van der Waals surface area contributed by atoms with Gasteiger partial charge in [-0.15, -0.1) is 0 Å². The summed E-state index contributed by atoms with van der Waals surface area (Å²) in [6.45, 7) is 1.72. The highest BCUT2D eigenvalue weighted by Gasteiger charge is 2.31. The Bertz CT molecular complexity index is 1080. The van der Waals surface area contributed by atoms with E-state index in [0.29, 0.717) is 22.3 Å². The fourth-order valence-corrected chi connectivity index (χ4v) is 2.70. The molecule has 7 nitrogen and oxygen atoms in total. The van der Waals surface area contributed by atoms with Crippen LogP contribution < -0.4 is 4.74 Å². The zero-order chi connectivity index (χ0) is 20.6. The highest BCUT2D eigenvalue weighted by Crippen LogP contribution is 2.33. The number of ether oxygens (including phenoxy) is 1. The fraction of sp³-hybridized carbons (Fsp3) is 0.263. The van der Waals surface area contributed by atoms with Gasteiger partial charge in [0.2, 0.25) is 0 Å². The molecule has 0 aliphatic carbocycles. The molecule has 1 aromatic carbocycles. The lowest BCUT2D eigenvalue weighted by Gasteiger charge is -2.22. The summed E-state index contributed by atoms with van der Waals surface area (Å²) in [6, 6.07) is 7.30. The van der Waals surface area contributed by atoms with Crippen LogP contribution >= 0.6 is 0 Å². The van der Waals surface area contributed by atoms with E-state index in [2.05, 4.69) is 14.8 Å². The zero-order valence-corrected chi connectivity index (χ0v) is 15.3. The molecular weight excluding hydrogens is 372 g/mol. The number of rotatable bonds is 6. The number of halogens is 2. The number of carboxylic acids is 1. The summed E-state index contributed by atoms with van der Waals surface area (Å²) in [5.74, 6) is -1.42. The summed E-state index contributed by atoms with van der Waals surface area (Å²) >= 11 is 0. The Morgan fingerprint density at radius 1 is 1.25 bits per heavy atom. The van der Waals surface area contributed by atoms with E-state index < -0.39 is 18.1 Å². The molecular formula is C19H17F2N3O4. The minimum Gasteiger partial charge on any atom is -0.478 e. The van der Waals surface area contributed by atoms with Crippen molar-refractivity contribution in [3.63, 3.8) is 0 Å². The first-order chi connectivity index (χ1) is 13.1. The largest absolute Gasteiger partial charge is 0.478 e. The summed E-state index contributed by atoms with van der Waals surface area (Å²) < 4.78 is 30.9. The summed E-state index contributed by atoms with van der Waals surface area (Å²) in [7, 11) is 0. The second kappa shape index (κ2) is 6.99. The van der Waals surface area contributed by atoms with Crippen LogP contribution in [0.2, 0.25) is 0 Å². The molecule has 2 aromatic heterocycles. The van der Waals surface area contributed by atoms with Gasteiger partial charge in [-0.1, -0.05) is 12.1 Å². The van der Waals surface area contributed by atoms with Gasteiger partial charge in [-0.2, -0.15) is 13.9 Å². The summed E-state index contributed by atoms with van der Waals surface area (Å²) in [5.41, 5.74) is 0.308. The van der Waals surface area contributed by atoms with Crippen molar-refractivity contribution >= 4 is 22.8 Å². The predicted molar refractivity (Wildman–Crippen MR) is 96.6 cm³/mol. The number of fused-ring (bicyclic) bond motifs is 1. The Kier molecular flexibility index (Phi) is 4.84. The standard InChI is InChI=1S/C19H17F2N3O4/c1-10(25)19(2,3)24-14-8-12(17(26)27)9-22-16(14)15(23-24)11-5-4-6-13(7-11)28-18(20)21/h4-9,18H,1-3H3,(H,26,27). The maximum absolute atomic E-state index is 12.5. The van der Waals surface area contributed by atoms with E-state index in [0.717, 1.165) is 0 Å². The lowest BCUT2D eigenvalue weighted by atomic mass is 10.0. The third-order valence-electron chi connectivity index (χ3n) is 4.49. The normalized spacial score (nSPS) is 11.8. The number of benzene rings is 1. The molecule has 3 aromatic rings. The fourth-order valence-electron chi connectivity index (χ4n) is 2.70. The van der Waals surface area contributed by atoms with Crippen molar-refractivity contribution in [2.45, 2.75) is 32.9 Å². The molecule has 0 radical (unpaired) electrons. The number of alkyl halides is 2. The van der Waals surface area contributed by atoms with E-state index in [1.165, 1.54) is 42.1 Å². The number of carboxylic acid groups (broad SMARTS) is 1. The molecule has 28 heavy (non-hydrogen) atoms. The van der Waals surface area contributed by atoms with Gasteiger partial charge in [0.1, 0.15) is 22.5 Å². The molecule has 0 atom stereocenters. The second-order valence-corrected chi connectivity index (χ2v) is 6.68. The van der Waals surface area contributed by atoms with Gasteiger partial charge >= 0.3 is 12.6 Å². The van der Waals surface area contributed by atoms with E-state index in [9.17, 15) is 23.5 Å². The van der Waals surface area contributed by atoms with Gasteiger partial charge in [-0.25, -0.2) is 9.48 Å². The molecule has 0 bridgehead atoms. The van der Waals surface area contributed by atoms with Crippen LogP contribution in [0, 0.1) is 0 Å².